The number of hydrogen-bond acceptors (Lipinski definition) is 5. The van der Waals surface area contributed by atoms with Crippen molar-refractivity contribution in [1.82, 2.24) is 10.2 Å². The maximum atomic E-state index is 13.7. The Labute approximate surface area is 231 Å². The zero-order valence-electron chi connectivity index (χ0n) is 23.0. The molecule has 1 N–H and O–H groups in total. The first kappa shape index (κ1) is 29.7. The monoisotopic (exact) mass is 551 g/mol. The average Bonchev–Trinajstić information content (AvgIpc) is 2.92. The topological polar surface area (TPSA) is 96.0 Å². The third-order valence-corrected chi connectivity index (χ3v) is 7.64. The molecule has 0 saturated carbocycles. The van der Waals surface area contributed by atoms with Gasteiger partial charge in [-0.15, -0.1) is 0 Å². The van der Waals surface area contributed by atoms with Crippen molar-refractivity contribution in [3.8, 4) is 5.75 Å². The second-order valence-electron chi connectivity index (χ2n) is 9.44. The standard InChI is InChI=1S/C30H37N3O5S/c1-23-12-10-15-25(20-23)22-32(27(30(35)31-2)21-24-13-6-5-7-14-24)29(34)18-11-19-33(39(4,36)37)26-16-8-9-17-28(26)38-3/h5-10,12-17,20,27H,11,18-19,21-22H2,1-4H3,(H,31,35)/t27-/m0/s1. The first-order valence-electron chi connectivity index (χ1n) is 12.8. The fourth-order valence-electron chi connectivity index (χ4n) is 4.55. The predicted octanol–water partition coefficient (Wildman–Crippen LogP) is 3.94. The molecular formula is C30H37N3O5S. The molecular weight excluding hydrogens is 514 g/mol. The van der Waals surface area contributed by atoms with Crippen LogP contribution in [-0.2, 0) is 32.6 Å². The van der Waals surface area contributed by atoms with Crippen LogP contribution >= 0.6 is 0 Å². The molecule has 0 unspecified atom stereocenters. The molecule has 0 fully saturated rings. The van der Waals surface area contributed by atoms with Crippen molar-refractivity contribution < 1.29 is 22.7 Å². The third kappa shape index (κ3) is 8.32. The number of aryl methyl sites for hydroxylation is 1. The van der Waals surface area contributed by atoms with Crippen molar-refractivity contribution in [3.63, 3.8) is 0 Å². The van der Waals surface area contributed by atoms with Gasteiger partial charge in [0.15, 0.2) is 0 Å². The van der Waals surface area contributed by atoms with Crippen LogP contribution < -0.4 is 14.4 Å². The lowest BCUT2D eigenvalue weighted by Gasteiger charge is -2.32. The number of amides is 2. The van der Waals surface area contributed by atoms with E-state index in [1.54, 1.807) is 36.2 Å². The molecule has 1 atom stereocenters. The van der Waals surface area contributed by atoms with Gasteiger partial charge in [-0.2, -0.15) is 0 Å². The number of carbonyl (C=O) groups excluding carboxylic acids is 2. The number of hydrogen-bond donors (Lipinski definition) is 1. The Bertz CT molecular complexity index is 1360. The quantitative estimate of drug-likeness (QED) is 0.347. The second-order valence-corrected chi connectivity index (χ2v) is 11.3. The number of likely N-dealkylation sites (N-methyl/N-ethyl adjacent to an activating group) is 1. The van der Waals surface area contributed by atoms with E-state index in [-0.39, 0.29) is 37.7 Å². The van der Waals surface area contributed by atoms with Gasteiger partial charge in [-0.25, -0.2) is 8.42 Å². The van der Waals surface area contributed by atoms with Gasteiger partial charge in [-0.3, -0.25) is 13.9 Å². The van der Waals surface area contributed by atoms with Gasteiger partial charge < -0.3 is 15.0 Å². The van der Waals surface area contributed by atoms with Crippen LogP contribution in [0.1, 0.15) is 29.5 Å². The van der Waals surface area contributed by atoms with Crippen LogP contribution in [-0.4, -0.2) is 58.1 Å². The second kappa shape index (κ2) is 13.8. The SMILES string of the molecule is CNC(=O)[C@H](Cc1ccccc1)N(Cc1cccc(C)c1)C(=O)CCCN(c1ccccc1OC)S(C)(=O)=O. The highest BCUT2D eigenvalue weighted by Crippen LogP contribution is 2.30. The van der Waals surface area contributed by atoms with Gasteiger partial charge in [0.25, 0.3) is 0 Å². The summed E-state index contributed by atoms with van der Waals surface area (Å²) >= 11 is 0. The molecule has 0 aliphatic heterocycles. The van der Waals surface area contributed by atoms with Gasteiger partial charge in [0.2, 0.25) is 21.8 Å². The Hall–Kier alpha value is -3.85. The van der Waals surface area contributed by atoms with Crippen molar-refractivity contribution in [1.29, 1.82) is 0 Å². The summed E-state index contributed by atoms with van der Waals surface area (Å²) in [5.41, 5.74) is 3.32. The molecule has 9 heteroatoms. The summed E-state index contributed by atoms with van der Waals surface area (Å²) in [6.07, 6.45) is 1.82. The van der Waals surface area contributed by atoms with Crippen molar-refractivity contribution in [2.24, 2.45) is 0 Å². The lowest BCUT2D eigenvalue weighted by molar-refractivity contribution is -0.141. The minimum absolute atomic E-state index is 0.0648. The van der Waals surface area contributed by atoms with Crippen LogP contribution in [0.25, 0.3) is 0 Å². The molecule has 3 rings (SSSR count). The molecule has 0 saturated heterocycles. The number of para-hydroxylation sites is 2. The lowest BCUT2D eigenvalue weighted by Crippen LogP contribution is -2.49. The molecule has 3 aromatic rings. The van der Waals surface area contributed by atoms with Crippen molar-refractivity contribution in [3.05, 3.63) is 95.6 Å². The van der Waals surface area contributed by atoms with Crippen molar-refractivity contribution >= 4 is 27.5 Å². The number of rotatable bonds is 13. The zero-order chi connectivity index (χ0) is 28.4. The summed E-state index contributed by atoms with van der Waals surface area (Å²) in [4.78, 5) is 28.4. The van der Waals surface area contributed by atoms with Crippen molar-refractivity contribution in [2.45, 2.75) is 38.8 Å². The Kier molecular flexibility index (Phi) is 10.5. The number of nitrogens with one attached hydrogen (secondary N) is 1. The first-order valence-corrected chi connectivity index (χ1v) is 14.7. The fourth-order valence-corrected chi connectivity index (χ4v) is 5.51. The van der Waals surface area contributed by atoms with E-state index < -0.39 is 16.1 Å². The van der Waals surface area contributed by atoms with Crippen LogP contribution in [0.3, 0.4) is 0 Å². The molecule has 0 aliphatic carbocycles. The summed E-state index contributed by atoms with van der Waals surface area (Å²) in [5, 5.41) is 2.71. The van der Waals surface area contributed by atoms with Crippen molar-refractivity contribution in [2.75, 3.05) is 31.3 Å². The summed E-state index contributed by atoms with van der Waals surface area (Å²) in [5.74, 6) is -0.0565. The molecule has 3 aromatic carbocycles. The van der Waals surface area contributed by atoms with Gasteiger partial charge in [0, 0.05) is 33.0 Å². The van der Waals surface area contributed by atoms with Crippen LogP contribution in [0, 0.1) is 6.92 Å². The summed E-state index contributed by atoms with van der Waals surface area (Å²) in [6, 6.07) is 23.6. The number of benzene rings is 3. The molecule has 208 valence electrons. The van der Waals surface area contributed by atoms with Gasteiger partial charge in [-0.1, -0.05) is 72.3 Å². The smallest absolute Gasteiger partial charge is 0.242 e. The molecule has 0 radical (unpaired) electrons. The predicted molar refractivity (Wildman–Crippen MR) is 154 cm³/mol. The van der Waals surface area contributed by atoms with Crippen LogP contribution in [0.4, 0.5) is 5.69 Å². The zero-order valence-corrected chi connectivity index (χ0v) is 23.8. The largest absolute Gasteiger partial charge is 0.495 e. The first-order chi connectivity index (χ1) is 18.6. The number of methoxy groups -OCH3 is 1. The van der Waals surface area contributed by atoms with E-state index in [1.165, 1.54) is 11.4 Å². The van der Waals surface area contributed by atoms with Gasteiger partial charge in [0.05, 0.1) is 19.1 Å². The molecule has 0 spiro atoms. The molecule has 39 heavy (non-hydrogen) atoms. The summed E-state index contributed by atoms with van der Waals surface area (Å²) in [7, 11) is -0.586. The maximum Gasteiger partial charge on any atom is 0.242 e. The summed E-state index contributed by atoms with van der Waals surface area (Å²) < 4.78 is 31.9. The Morgan fingerprint density at radius 3 is 2.26 bits per heavy atom. The molecule has 8 nitrogen and oxygen atoms in total. The number of ether oxygens (including phenoxy) is 1. The molecule has 0 aliphatic rings. The summed E-state index contributed by atoms with van der Waals surface area (Å²) in [6.45, 7) is 2.33. The Morgan fingerprint density at radius 1 is 0.949 bits per heavy atom. The normalized spacial score (nSPS) is 11.9. The number of sulfonamides is 1. The fraction of sp³-hybridized carbons (Fsp3) is 0.333. The number of carbonyl (C=O) groups is 2. The Balaban J connectivity index is 1.86. The van der Waals surface area contributed by atoms with E-state index in [4.69, 9.17) is 4.74 Å². The highest BCUT2D eigenvalue weighted by molar-refractivity contribution is 7.92. The van der Waals surface area contributed by atoms with E-state index in [0.717, 1.165) is 22.9 Å². The average molecular weight is 552 g/mol. The van der Waals surface area contributed by atoms with Crippen LogP contribution in [0.5, 0.6) is 5.75 Å². The Morgan fingerprint density at radius 2 is 1.62 bits per heavy atom. The molecule has 0 aromatic heterocycles. The van der Waals surface area contributed by atoms with Gasteiger partial charge >= 0.3 is 0 Å². The van der Waals surface area contributed by atoms with Gasteiger partial charge in [-0.05, 0) is 36.6 Å². The third-order valence-electron chi connectivity index (χ3n) is 6.46. The van der Waals surface area contributed by atoms with Gasteiger partial charge in [0.1, 0.15) is 11.8 Å². The number of anilines is 1. The molecule has 2 amide bonds. The van der Waals surface area contributed by atoms with E-state index in [0.29, 0.717) is 17.9 Å². The minimum Gasteiger partial charge on any atom is -0.495 e. The van der Waals surface area contributed by atoms with Crippen LogP contribution in [0.2, 0.25) is 0 Å². The lowest BCUT2D eigenvalue weighted by atomic mass is 10.0. The van der Waals surface area contributed by atoms with E-state index in [1.807, 2.05) is 61.5 Å². The van der Waals surface area contributed by atoms with Crippen LogP contribution in [0.15, 0.2) is 78.9 Å². The molecule has 0 heterocycles. The highest BCUT2D eigenvalue weighted by atomic mass is 32.2. The maximum absolute atomic E-state index is 13.7. The molecule has 0 bridgehead atoms. The van der Waals surface area contributed by atoms with E-state index >= 15 is 0 Å². The minimum atomic E-state index is -3.63. The highest BCUT2D eigenvalue weighted by Gasteiger charge is 2.30. The van der Waals surface area contributed by atoms with E-state index in [9.17, 15) is 18.0 Å². The number of nitrogens with zero attached hydrogens (tertiary/aromatic N) is 2. The van der Waals surface area contributed by atoms with E-state index in [2.05, 4.69) is 5.32 Å².